The standard InChI is InChI=1S/C13H17N3O2/c1-16-7-5-11(15-16)4-6-14-9-10-2-3-12(17)13(18)8-10/h2-3,5,7-8,14,17-18H,4,6,9H2,1H3. The molecule has 18 heavy (non-hydrogen) atoms. The van der Waals surface area contributed by atoms with Gasteiger partial charge in [-0.05, 0) is 23.8 Å². The minimum absolute atomic E-state index is 0.0842. The Morgan fingerprint density at radius 2 is 2.06 bits per heavy atom. The van der Waals surface area contributed by atoms with Crippen molar-refractivity contribution < 1.29 is 10.2 Å². The Balaban J connectivity index is 1.76. The molecule has 0 aliphatic carbocycles. The molecule has 0 spiro atoms. The van der Waals surface area contributed by atoms with Crippen molar-refractivity contribution in [2.75, 3.05) is 6.54 Å². The minimum Gasteiger partial charge on any atom is -0.504 e. The lowest BCUT2D eigenvalue weighted by molar-refractivity contribution is 0.403. The lowest BCUT2D eigenvalue weighted by Crippen LogP contribution is -2.16. The van der Waals surface area contributed by atoms with E-state index in [-0.39, 0.29) is 11.5 Å². The summed E-state index contributed by atoms with van der Waals surface area (Å²) >= 11 is 0. The number of aromatic hydroxyl groups is 2. The topological polar surface area (TPSA) is 70.3 Å². The summed E-state index contributed by atoms with van der Waals surface area (Å²) in [4.78, 5) is 0. The second kappa shape index (κ2) is 5.55. The molecule has 0 aliphatic rings. The van der Waals surface area contributed by atoms with Gasteiger partial charge >= 0.3 is 0 Å². The average Bonchev–Trinajstić information content (AvgIpc) is 2.75. The Morgan fingerprint density at radius 3 is 2.72 bits per heavy atom. The van der Waals surface area contributed by atoms with Gasteiger partial charge in [0.1, 0.15) is 0 Å². The van der Waals surface area contributed by atoms with Crippen molar-refractivity contribution in [3.05, 3.63) is 41.7 Å². The van der Waals surface area contributed by atoms with Gasteiger partial charge in [-0.3, -0.25) is 4.68 Å². The zero-order chi connectivity index (χ0) is 13.0. The van der Waals surface area contributed by atoms with Crippen LogP contribution in [0.1, 0.15) is 11.3 Å². The van der Waals surface area contributed by atoms with Crippen molar-refractivity contribution in [1.82, 2.24) is 15.1 Å². The van der Waals surface area contributed by atoms with E-state index in [2.05, 4.69) is 10.4 Å². The number of nitrogens with zero attached hydrogens (tertiary/aromatic N) is 2. The van der Waals surface area contributed by atoms with Crippen LogP contribution in [0.2, 0.25) is 0 Å². The van der Waals surface area contributed by atoms with Crippen molar-refractivity contribution in [2.24, 2.45) is 7.05 Å². The predicted octanol–water partition coefficient (Wildman–Crippen LogP) is 1.16. The molecule has 1 aromatic heterocycles. The quantitative estimate of drug-likeness (QED) is 0.548. The van der Waals surface area contributed by atoms with Crippen molar-refractivity contribution in [2.45, 2.75) is 13.0 Å². The molecule has 96 valence electrons. The van der Waals surface area contributed by atoms with Crippen LogP contribution in [0.25, 0.3) is 0 Å². The van der Waals surface area contributed by atoms with E-state index in [0.29, 0.717) is 6.54 Å². The molecule has 0 amide bonds. The first-order chi connectivity index (χ1) is 8.65. The summed E-state index contributed by atoms with van der Waals surface area (Å²) in [6.07, 6.45) is 2.79. The summed E-state index contributed by atoms with van der Waals surface area (Å²) in [5.41, 5.74) is 1.99. The van der Waals surface area contributed by atoms with E-state index in [0.717, 1.165) is 24.2 Å². The number of aryl methyl sites for hydroxylation is 1. The molecule has 1 heterocycles. The lowest BCUT2D eigenvalue weighted by Gasteiger charge is -2.05. The number of benzene rings is 1. The largest absolute Gasteiger partial charge is 0.504 e. The summed E-state index contributed by atoms with van der Waals surface area (Å²) in [6, 6.07) is 6.82. The number of phenolic OH excluding ortho intramolecular Hbond substituents is 2. The minimum atomic E-state index is -0.0905. The first-order valence-electron chi connectivity index (χ1n) is 5.85. The van der Waals surface area contributed by atoms with Crippen LogP contribution in [0.4, 0.5) is 0 Å². The van der Waals surface area contributed by atoms with Gasteiger partial charge in [-0.15, -0.1) is 0 Å². The monoisotopic (exact) mass is 247 g/mol. The molecule has 0 aliphatic heterocycles. The summed E-state index contributed by atoms with van der Waals surface area (Å²) in [5.74, 6) is -0.175. The van der Waals surface area contributed by atoms with E-state index < -0.39 is 0 Å². The third kappa shape index (κ3) is 3.24. The Morgan fingerprint density at radius 1 is 1.22 bits per heavy atom. The number of aromatic nitrogens is 2. The molecule has 1 aromatic carbocycles. The molecule has 5 heteroatoms. The van der Waals surface area contributed by atoms with E-state index in [1.54, 1.807) is 16.8 Å². The SMILES string of the molecule is Cn1ccc(CCNCc2ccc(O)c(O)c2)n1. The molecule has 0 atom stereocenters. The predicted molar refractivity (Wildman–Crippen MR) is 68.4 cm³/mol. The fraction of sp³-hybridized carbons (Fsp3) is 0.308. The third-order valence-electron chi connectivity index (χ3n) is 2.70. The molecule has 0 unspecified atom stereocenters. The highest BCUT2D eigenvalue weighted by molar-refractivity contribution is 5.40. The maximum absolute atomic E-state index is 9.35. The molecule has 0 radical (unpaired) electrons. The van der Waals surface area contributed by atoms with Crippen LogP contribution in [0.15, 0.2) is 30.5 Å². The van der Waals surface area contributed by atoms with Crippen molar-refractivity contribution in [3.8, 4) is 11.5 Å². The molecule has 3 N–H and O–H groups in total. The second-order valence-electron chi connectivity index (χ2n) is 4.23. The molecule has 2 rings (SSSR count). The van der Waals surface area contributed by atoms with Crippen LogP contribution >= 0.6 is 0 Å². The molecule has 0 saturated heterocycles. The van der Waals surface area contributed by atoms with E-state index in [9.17, 15) is 10.2 Å². The summed E-state index contributed by atoms with van der Waals surface area (Å²) in [7, 11) is 1.90. The Hall–Kier alpha value is -2.01. The highest BCUT2D eigenvalue weighted by atomic mass is 16.3. The Bertz CT molecular complexity index is 523. The lowest BCUT2D eigenvalue weighted by atomic mass is 10.2. The third-order valence-corrected chi connectivity index (χ3v) is 2.70. The van der Waals surface area contributed by atoms with Crippen LogP contribution < -0.4 is 5.32 Å². The van der Waals surface area contributed by atoms with E-state index >= 15 is 0 Å². The van der Waals surface area contributed by atoms with Crippen molar-refractivity contribution >= 4 is 0 Å². The van der Waals surface area contributed by atoms with E-state index in [1.807, 2.05) is 19.3 Å². The van der Waals surface area contributed by atoms with Gasteiger partial charge in [0, 0.05) is 32.8 Å². The Labute approximate surface area is 106 Å². The molecule has 5 nitrogen and oxygen atoms in total. The fourth-order valence-corrected chi connectivity index (χ4v) is 1.72. The normalized spacial score (nSPS) is 10.7. The number of phenols is 2. The van der Waals surface area contributed by atoms with Crippen LogP contribution in [0, 0.1) is 0 Å². The fourth-order valence-electron chi connectivity index (χ4n) is 1.72. The molecule has 0 saturated carbocycles. The molecule has 0 fully saturated rings. The molecule has 0 bridgehead atoms. The van der Waals surface area contributed by atoms with Gasteiger partial charge in [0.2, 0.25) is 0 Å². The van der Waals surface area contributed by atoms with Gasteiger partial charge in [-0.25, -0.2) is 0 Å². The summed E-state index contributed by atoms with van der Waals surface area (Å²) in [5, 5.41) is 26.1. The van der Waals surface area contributed by atoms with Crippen LogP contribution in [0.3, 0.4) is 0 Å². The zero-order valence-corrected chi connectivity index (χ0v) is 10.3. The second-order valence-corrected chi connectivity index (χ2v) is 4.23. The van der Waals surface area contributed by atoms with Crippen LogP contribution in [-0.4, -0.2) is 26.5 Å². The average molecular weight is 247 g/mol. The Kier molecular flexibility index (Phi) is 3.84. The van der Waals surface area contributed by atoms with Crippen LogP contribution in [0.5, 0.6) is 11.5 Å². The number of hydrogen-bond acceptors (Lipinski definition) is 4. The highest BCUT2D eigenvalue weighted by Crippen LogP contribution is 2.24. The van der Waals surface area contributed by atoms with Crippen LogP contribution in [-0.2, 0) is 20.0 Å². The highest BCUT2D eigenvalue weighted by Gasteiger charge is 2.01. The number of rotatable bonds is 5. The number of nitrogens with one attached hydrogen (secondary N) is 1. The first kappa shape index (κ1) is 12.4. The summed E-state index contributed by atoms with van der Waals surface area (Å²) in [6.45, 7) is 1.47. The van der Waals surface area contributed by atoms with E-state index in [1.165, 1.54) is 6.07 Å². The van der Waals surface area contributed by atoms with Gasteiger partial charge in [0.25, 0.3) is 0 Å². The molecular weight excluding hydrogens is 230 g/mol. The smallest absolute Gasteiger partial charge is 0.157 e. The molecular formula is C13H17N3O2. The molecule has 2 aromatic rings. The maximum atomic E-state index is 9.35. The van der Waals surface area contributed by atoms with Gasteiger partial charge < -0.3 is 15.5 Å². The van der Waals surface area contributed by atoms with Gasteiger partial charge in [0.15, 0.2) is 11.5 Å². The van der Waals surface area contributed by atoms with Gasteiger partial charge in [-0.2, -0.15) is 5.10 Å². The van der Waals surface area contributed by atoms with Crippen molar-refractivity contribution in [3.63, 3.8) is 0 Å². The number of hydrogen-bond donors (Lipinski definition) is 3. The van der Waals surface area contributed by atoms with Gasteiger partial charge in [0.05, 0.1) is 5.69 Å². The maximum Gasteiger partial charge on any atom is 0.157 e. The van der Waals surface area contributed by atoms with Gasteiger partial charge in [-0.1, -0.05) is 6.07 Å². The summed E-state index contributed by atoms with van der Waals surface area (Å²) < 4.78 is 1.79. The van der Waals surface area contributed by atoms with Crippen molar-refractivity contribution in [1.29, 1.82) is 0 Å². The first-order valence-corrected chi connectivity index (χ1v) is 5.85. The van der Waals surface area contributed by atoms with E-state index in [4.69, 9.17) is 0 Å². The zero-order valence-electron chi connectivity index (χ0n) is 10.3.